The second-order valence-corrected chi connectivity index (χ2v) is 5.22. The summed E-state index contributed by atoms with van der Waals surface area (Å²) in [6.45, 7) is 4.27. The number of hydrogen-bond acceptors (Lipinski definition) is 4. The van der Waals surface area contributed by atoms with Crippen molar-refractivity contribution < 1.29 is 13.9 Å². The van der Waals surface area contributed by atoms with Gasteiger partial charge in [0, 0.05) is 26.7 Å². The lowest BCUT2D eigenvalue weighted by Crippen LogP contribution is -2.43. The quantitative estimate of drug-likeness (QED) is 0.908. The van der Waals surface area contributed by atoms with Crippen molar-refractivity contribution in [1.29, 1.82) is 0 Å². The summed E-state index contributed by atoms with van der Waals surface area (Å²) >= 11 is 3.30. The van der Waals surface area contributed by atoms with Gasteiger partial charge < -0.3 is 19.2 Å². The van der Waals surface area contributed by atoms with Gasteiger partial charge in [-0.25, -0.2) is 0 Å². The number of nitrogens with one attached hydrogen (secondary N) is 1. The normalized spacial score (nSPS) is 26.3. The van der Waals surface area contributed by atoms with Gasteiger partial charge in [0.05, 0.1) is 12.6 Å². The molecule has 0 radical (unpaired) electrons. The number of ether oxygens (including phenoxy) is 2. The molecule has 1 aromatic heterocycles. The van der Waals surface area contributed by atoms with Crippen molar-refractivity contribution in [2.24, 2.45) is 0 Å². The van der Waals surface area contributed by atoms with Crippen molar-refractivity contribution in [2.45, 2.75) is 25.0 Å². The highest BCUT2D eigenvalue weighted by atomic mass is 79.9. The maximum Gasteiger partial charge on any atom is 0.169 e. The molecule has 96 valence electrons. The van der Waals surface area contributed by atoms with E-state index in [0.29, 0.717) is 6.61 Å². The van der Waals surface area contributed by atoms with E-state index in [0.717, 1.165) is 30.0 Å². The van der Waals surface area contributed by atoms with Gasteiger partial charge in [0.2, 0.25) is 0 Å². The summed E-state index contributed by atoms with van der Waals surface area (Å²) in [5.41, 5.74) is -0.182. The zero-order chi connectivity index (χ0) is 12.3. The first-order chi connectivity index (χ1) is 8.15. The van der Waals surface area contributed by atoms with E-state index < -0.39 is 0 Å². The number of rotatable bonds is 5. The highest BCUT2D eigenvalue weighted by Gasteiger charge is 2.35. The Hall–Kier alpha value is -0.360. The maximum atomic E-state index is 5.56. The zero-order valence-corrected chi connectivity index (χ0v) is 11.7. The van der Waals surface area contributed by atoms with Gasteiger partial charge in [0.25, 0.3) is 0 Å². The molecule has 17 heavy (non-hydrogen) atoms. The second-order valence-electron chi connectivity index (χ2n) is 4.43. The maximum absolute atomic E-state index is 5.56. The van der Waals surface area contributed by atoms with Crippen molar-refractivity contribution in [3.05, 3.63) is 22.6 Å². The third kappa shape index (κ3) is 3.10. The number of hydrogen-bond donors (Lipinski definition) is 1. The van der Waals surface area contributed by atoms with Crippen LogP contribution in [0, 0.1) is 0 Å². The molecule has 1 fully saturated rings. The van der Waals surface area contributed by atoms with Crippen molar-refractivity contribution in [3.8, 4) is 0 Å². The van der Waals surface area contributed by atoms with Gasteiger partial charge in [-0.3, -0.25) is 0 Å². The van der Waals surface area contributed by atoms with Crippen LogP contribution >= 0.6 is 15.9 Å². The molecule has 0 aromatic carbocycles. The van der Waals surface area contributed by atoms with Gasteiger partial charge in [-0.2, -0.15) is 0 Å². The fraction of sp³-hybridized carbons (Fsp3) is 0.667. The first-order valence-electron chi connectivity index (χ1n) is 5.77. The van der Waals surface area contributed by atoms with Gasteiger partial charge in [0.1, 0.15) is 11.4 Å². The third-order valence-electron chi connectivity index (χ3n) is 3.25. The van der Waals surface area contributed by atoms with E-state index in [2.05, 4.69) is 28.2 Å². The molecule has 0 spiro atoms. The molecule has 0 saturated carbocycles. The molecule has 2 unspecified atom stereocenters. The average molecular weight is 304 g/mol. The molecule has 0 aliphatic carbocycles. The van der Waals surface area contributed by atoms with Crippen molar-refractivity contribution in [2.75, 3.05) is 26.9 Å². The van der Waals surface area contributed by atoms with Gasteiger partial charge >= 0.3 is 0 Å². The van der Waals surface area contributed by atoms with Crippen LogP contribution in [-0.2, 0) is 9.47 Å². The van der Waals surface area contributed by atoms with Crippen molar-refractivity contribution in [3.63, 3.8) is 0 Å². The van der Waals surface area contributed by atoms with Crippen molar-refractivity contribution >= 4 is 15.9 Å². The minimum Gasteiger partial charge on any atom is -0.453 e. The van der Waals surface area contributed by atoms with Crippen LogP contribution in [0.15, 0.2) is 21.2 Å². The Bertz CT molecular complexity index is 360. The van der Waals surface area contributed by atoms with Crippen LogP contribution < -0.4 is 5.32 Å². The summed E-state index contributed by atoms with van der Waals surface area (Å²) in [6, 6.07) is 4.03. The van der Waals surface area contributed by atoms with Crippen LogP contribution in [0.4, 0.5) is 0 Å². The van der Waals surface area contributed by atoms with E-state index >= 15 is 0 Å². The van der Waals surface area contributed by atoms with Crippen LogP contribution in [-0.4, -0.2) is 32.5 Å². The monoisotopic (exact) mass is 303 g/mol. The Morgan fingerprint density at radius 1 is 1.59 bits per heavy atom. The van der Waals surface area contributed by atoms with Crippen LogP contribution in [0.25, 0.3) is 0 Å². The topological polar surface area (TPSA) is 43.6 Å². The summed E-state index contributed by atoms with van der Waals surface area (Å²) < 4.78 is 17.2. The fourth-order valence-electron chi connectivity index (χ4n) is 1.96. The van der Waals surface area contributed by atoms with E-state index in [4.69, 9.17) is 13.9 Å². The first-order valence-corrected chi connectivity index (χ1v) is 6.56. The molecule has 2 atom stereocenters. The Morgan fingerprint density at radius 2 is 2.41 bits per heavy atom. The van der Waals surface area contributed by atoms with Crippen LogP contribution in [0.3, 0.4) is 0 Å². The summed E-state index contributed by atoms with van der Waals surface area (Å²) in [5, 5.41) is 3.43. The molecule has 0 amide bonds. The highest BCUT2D eigenvalue weighted by Crippen LogP contribution is 2.24. The molecule has 1 N–H and O–H groups in total. The Labute approximate surface area is 110 Å². The minimum atomic E-state index is -0.182. The highest BCUT2D eigenvalue weighted by molar-refractivity contribution is 9.10. The molecule has 2 rings (SSSR count). The Kier molecular flexibility index (Phi) is 4.25. The first kappa shape index (κ1) is 13.1. The van der Waals surface area contributed by atoms with Crippen molar-refractivity contribution in [1.82, 2.24) is 5.32 Å². The van der Waals surface area contributed by atoms with E-state index in [1.807, 2.05) is 12.1 Å². The smallest absolute Gasteiger partial charge is 0.169 e. The third-order valence-corrected chi connectivity index (χ3v) is 3.68. The summed E-state index contributed by atoms with van der Waals surface area (Å²) in [4.78, 5) is 0. The van der Waals surface area contributed by atoms with Crippen LogP contribution in [0.5, 0.6) is 0 Å². The number of halogens is 1. The SMILES string of the molecule is COC1(CNC(C)c2ccc(Br)o2)CCOC1. The number of furan rings is 1. The van der Waals surface area contributed by atoms with E-state index in [9.17, 15) is 0 Å². The average Bonchev–Trinajstić information content (AvgIpc) is 2.95. The predicted octanol–water partition coefficient (Wildman–Crippen LogP) is 2.50. The van der Waals surface area contributed by atoms with Crippen LogP contribution in [0.2, 0.25) is 0 Å². The van der Waals surface area contributed by atoms with E-state index in [1.165, 1.54) is 0 Å². The largest absolute Gasteiger partial charge is 0.453 e. The van der Waals surface area contributed by atoms with Crippen LogP contribution in [0.1, 0.15) is 25.1 Å². The molecule has 1 aliphatic heterocycles. The lowest BCUT2D eigenvalue weighted by Gasteiger charge is -2.27. The molecule has 2 heterocycles. The summed E-state index contributed by atoms with van der Waals surface area (Å²) in [6.07, 6.45) is 0.936. The lowest BCUT2D eigenvalue weighted by atomic mass is 10.0. The molecule has 1 saturated heterocycles. The van der Waals surface area contributed by atoms with E-state index in [-0.39, 0.29) is 11.6 Å². The van der Waals surface area contributed by atoms with Gasteiger partial charge in [-0.1, -0.05) is 0 Å². The Balaban J connectivity index is 1.89. The summed E-state index contributed by atoms with van der Waals surface area (Å²) in [5.74, 6) is 0.919. The van der Waals surface area contributed by atoms with Gasteiger partial charge in [-0.15, -0.1) is 0 Å². The second kappa shape index (κ2) is 5.52. The lowest BCUT2D eigenvalue weighted by molar-refractivity contribution is -0.0175. The standard InChI is InChI=1S/C12H18BrNO3/c1-9(10-3-4-11(13)17-10)14-7-12(15-2)5-6-16-8-12/h3-4,9,14H,5-8H2,1-2H3. The molecular weight excluding hydrogens is 286 g/mol. The zero-order valence-electron chi connectivity index (χ0n) is 10.2. The molecule has 5 heteroatoms. The molecule has 1 aromatic rings. The summed E-state index contributed by atoms with van der Waals surface area (Å²) in [7, 11) is 1.74. The Morgan fingerprint density at radius 3 is 2.94 bits per heavy atom. The van der Waals surface area contributed by atoms with E-state index in [1.54, 1.807) is 7.11 Å². The predicted molar refractivity (Wildman–Crippen MR) is 68.0 cm³/mol. The molecule has 0 bridgehead atoms. The van der Waals surface area contributed by atoms with Gasteiger partial charge in [-0.05, 0) is 35.0 Å². The number of methoxy groups -OCH3 is 1. The molecule has 4 nitrogen and oxygen atoms in total. The fourth-order valence-corrected chi connectivity index (χ4v) is 2.28. The molecule has 1 aliphatic rings. The minimum absolute atomic E-state index is 0.161. The molecular formula is C12H18BrNO3. The van der Waals surface area contributed by atoms with Gasteiger partial charge in [0.15, 0.2) is 4.67 Å².